The zero-order valence-electron chi connectivity index (χ0n) is 6.11. The fraction of sp³-hybridized carbons (Fsp3) is 0.500. The van der Waals surface area contributed by atoms with E-state index in [4.69, 9.17) is 0 Å². The first-order valence-corrected chi connectivity index (χ1v) is 2.82. The summed E-state index contributed by atoms with van der Waals surface area (Å²) in [5.41, 5.74) is -0.365. The van der Waals surface area contributed by atoms with Gasteiger partial charge in [-0.15, -0.1) is 0 Å². The molecule has 0 aliphatic carbocycles. The first-order valence-electron chi connectivity index (χ1n) is 2.82. The van der Waals surface area contributed by atoms with Gasteiger partial charge in [0.25, 0.3) is 0 Å². The normalized spacial score (nSPS) is 11.5. The molecule has 0 atom stereocenters. The van der Waals surface area contributed by atoms with Gasteiger partial charge in [0.2, 0.25) is 0 Å². The number of carbonyl (C=O) groups is 1. The highest BCUT2D eigenvalue weighted by atomic mass is 19.3. The molecule has 0 aromatic heterocycles. The smallest absolute Gasteiger partial charge is 0.393 e. The molecule has 0 heterocycles. The van der Waals surface area contributed by atoms with Crippen LogP contribution in [0.5, 0.6) is 0 Å². The molecular formula is C6H6F4O2. The summed E-state index contributed by atoms with van der Waals surface area (Å²) in [5, 5.41) is 0. The van der Waals surface area contributed by atoms with Crippen LogP contribution in [0.4, 0.5) is 17.6 Å². The monoisotopic (exact) mass is 186 g/mol. The fourth-order valence-corrected chi connectivity index (χ4v) is 0.255. The van der Waals surface area contributed by atoms with Crippen molar-refractivity contribution in [2.75, 3.05) is 0 Å². The second-order valence-electron chi connectivity index (χ2n) is 2.03. The summed E-state index contributed by atoms with van der Waals surface area (Å²) < 4.78 is 49.7. The van der Waals surface area contributed by atoms with Crippen LogP contribution < -0.4 is 0 Å². The molecule has 0 spiro atoms. The van der Waals surface area contributed by atoms with Crippen molar-refractivity contribution < 1.29 is 27.1 Å². The third-order valence-electron chi connectivity index (χ3n) is 0.831. The van der Waals surface area contributed by atoms with Crippen molar-refractivity contribution in [1.29, 1.82) is 0 Å². The van der Waals surface area contributed by atoms with Crippen molar-refractivity contribution in [2.24, 2.45) is 0 Å². The predicted molar refractivity (Wildman–Crippen MR) is 31.9 cm³/mol. The van der Waals surface area contributed by atoms with Gasteiger partial charge in [-0.25, -0.2) is 4.79 Å². The van der Waals surface area contributed by atoms with Crippen LogP contribution in [0.3, 0.4) is 0 Å². The Balaban J connectivity index is 4.25. The third kappa shape index (κ3) is 2.89. The van der Waals surface area contributed by atoms with Crippen LogP contribution >= 0.6 is 0 Å². The first kappa shape index (κ1) is 10.9. The van der Waals surface area contributed by atoms with Crippen molar-refractivity contribution >= 4 is 5.97 Å². The molecule has 0 aliphatic heterocycles. The van der Waals surface area contributed by atoms with Gasteiger partial charge in [-0.1, -0.05) is 6.58 Å². The van der Waals surface area contributed by atoms with E-state index in [1.807, 2.05) is 0 Å². The Hall–Kier alpha value is -1.07. The number of carbonyl (C=O) groups excluding carboxylic acids is 1. The summed E-state index contributed by atoms with van der Waals surface area (Å²) in [5.74, 6) is -1.54. The second-order valence-corrected chi connectivity index (χ2v) is 2.03. The van der Waals surface area contributed by atoms with Gasteiger partial charge >= 0.3 is 18.5 Å². The molecule has 0 saturated carbocycles. The maximum absolute atomic E-state index is 11.9. The van der Waals surface area contributed by atoms with Crippen LogP contribution in [0, 0.1) is 0 Å². The van der Waals surface area contributed by atoms with Gasteiger partial charge in [0.15, 0.2) is 0 Å². The number of hydrogen-bond donors (Lipinski definition) is 0. The van der Waals surface area contributed by atoms with E-state index in [0.29, 0.717) is 0 Å². The molecule has 0 N–H and O–H groups in total. The second kappa shape index (κ2) is 3.55. The lowest BCUT2D eigenvalue weighted by atomic mass is 10.4. The minimum absolute atomic E-state index is 0.365. The number of ether oxygens (including phenoxy) is 1. The lowest BCUT2D eigenvalue weighted by Gasteiger charge is -2.14. The van der Waals surface area contributed by atoms with Crippen LogP contribution in [0.25, 0.3) is 0 Å². The van der Waals surface area contributed by atoms with Crippen molar-refractivity contribution in [3.63, 3.8) is 0 Å². The molecule has 0 aromatic rings. The van der Waals surface area contributed by atoms with E-state index in [1.54, 1.807) is 0 Å². The van der Waals surface area contributed by atoms with Gasteiger partial charge in [-0.05, 0) is 6.92 Å². The largest absolute Gasteiger partial charge is 0.463 e. The van der Waals surface area contributed by atoms with Gasteiger partial charge in [-0.3, -0.25) is 0 Å². The van der Waals surface area contributed by atoms with E-state index in [1.165, 1.54) is 0 Å². The Bertz CT molecular complexity index is 200. The minimum atomic E-state index is -4.74. The number of rotatable bonds is 3. The first-order chi connectivity index (χ1) is 5.27. The SMILES string of the molecule is C=C(C)C(=O)OC(F)(F)C(F)F. The molecule has 0 unspecified atom stereocenters. The van der Waals surface area contributed by atoms with E-state index < -0.39 is 18.5 Å². The molecule has 0 radical (unpaired) electrons. The number of alkyl halides is 4. The maximum atomic E-state index is 11.9. The van der Waals surface area contributed by atoms with Crippen LogP contribution in [-0.4, -0.2) is 18.5 Å². The fourth-order valence-electron chi connectivity index (χ4n) is 0.255. The molecule has 0 rings (SSSR count). The van der Waals surface area contributed by atoms with Crippen molar-refractivity contribution in [3.05, 3.63) is 12.2 Å². The average molecular weight is 186 g/mol. The van der Waals surface area contributed by atoms with Crippen LogP contribution in [-0.2, 0) is 9.53 Å². The minimum Gasteiger partial charge on any atom is -0.393 e. The highest BCUT2D eigenvalue weighted by Crippen LogP contribution is 2.24. The Morgan fingerprint density at radius 2 is 1.92 bits per heavy atom. The standard InChI is InChI=1S/C6H6F4O2/c1-3(2)4(11)12-6(9,10)5(7)8/h5H,1H2,2H3. The predicted octanol–water partition coefficient (Wildman–Crippen LogP) is 1.96. The van der Waals surface area contributed by atoms with Crippen LogP contribution in [0.15, 0.2) is 12.2 Å². The summed E-state index contributed by atoms with van der Waals surface area (Å²) in [6, 6.07) is 0. The molecule has 6 heteroatoms. The Morgan fingerprint density at radius 3 is 2.17 bits per heavy atom. The quantitative estimate of drug-likeness (QED) is 0.382. The third-order valence-corrected chi connectivity index (χ3v) is 0.831. The van der Waals surface area contributed by atoms with Gasteiger partial charge in [0, 0.05) is 5.57 Å². The number of esters is 1. The highest BCUT2D eigenvalue weighted by Gasteiger charge is 2.45. The molecule has 2 nitrogen and oxygen atoms in total. The van der Waals surface area contributed by atoms with Crippen LogP contribution in [0.1, 0.15) is 6.92 Å². The van der Waals surface area contributed by atoms with E-state index in [-0.39, 0.29) is 5.57 Å². The molecule has 12 heavy (non-hydrogen) atoms. The van der Waals surface area contributed by atoms with Gasteiger partial charge in [-0.2, -0.15) is 17.6 Å². The summed E-state index contributed by atoms with van der Waals surface area (Å²) in [6.07, 6.45) is -8.77. The average Bonchev–Trinajstić information content (AvgIpc) is 1.85. The maximum Gasteiger partial charge on any atom is 0.463 e. The molecule has 0 bridgehead atoms. The summed E-state index contributed by atoms with van der Waals surface area (Å²) in [7, 11) is 0. The van der Waals surface area contributed by atoms with E-state index in [0.717, 1.165) is 6.92 Å². The molecule has 0 amide bonds. The lowest BCUT2D eigenvalue weighted by Crippen LogP contribution is -2.33. The van der Waals surface area contributed by atoms with E-state index >= 15 is 0 Å². The zero-order chi connectivity index (χ0) is 9.94. The highest BCUT2D eigenvalue weighted by molar-refractivity contribution is 5.87. The zero-order valence-corrected chi connectivity index (χ0v) is 6.11. The molecular weight excluding hydrogens is 180 g/mol. The Labute approximate surface area is 65.8 Å². The number of hydrogen-bond acceptors (Lipinski definition) is 2. The van der Waals surface area contributed by atoms with Crippen molar-refractivity contribution in [1.82, 2.24) is 0 Å². The molecule has 0 aliphatic rings. The topological polar surface area (TPSA) is 26.3 Å². The Kier molecular flexibility index (Phi) is 3.24. The summed E-state index contributed by atoms with van der Waals surface area (Å²) >= 11 is 0. The molecule has 0 saturated heterocycles. The summed E-state index contributed by atoms with van der Waals surface area (Å²) in [6.45, 7) is 4.02. The lowest BCUT2D eigenvalue weighted by molar-refractivity contribution is -0.282. The molecule has 0 fully saturated rings. The number of halogens is 4. The van der Waals surface area contributed by atoms with E-state index in [2.05, 4.69) is 11.3 Å². The van der Waals surface area contributed by atoms with E-state index in [9.17, 15) is 22.4 Å². The van der Waals surface area contributed by atoms with Crippen molar-refractivity contribution in [3.8, 4) is 0 Å². The molecule has 70 valence electrons. The van der Waals surface area contributed by atoms with Crippen LogP contribution in [0.2, 0.25) is 0 Å². The van der Waals surface area contributed by atoms with Gasteiger partial charge < -0.3 is 4.74 Å². The van der Waals surface area contributed by atoms with Crippen molar-refractivity contribution in [2.45, 2.75) is 19.5 Å². The molecule has 0 aromatic carbocycles. The van der Waals surface area contributed by atoms with Gasteiger partial charge in [0.05, 0.1) is 0 Å². The summed E-state index contributed by atoms with van der Waals surface area (Å²) in [4.78, 5) is 10.3. The Morgan fingerprint density at radius 1 is 1.50 bits per heavy atom. The van der Waals surface area contributed by atoms with Gasteiger partial charge in [0.1, 0.15) is 0 Å².